The summed E-state index contributed by atoms with van der Waals surface area (Å²) in [5.74, 6) is -0.235. The summed E-state index contributed by atoms with van der Waals surface area (Å²) in [6, 6.07) is 7.48. The van der Waals surface area contributed by atoms with Crippen molar-refractivity contribution in [3.63, 3.8) is 0 Å². The molecule has 0 aromatic heterocycles. The van der Waals surface area contributed by atoms with Crippen LogP contribution in [0.25, 0.3) is 0 Å². The van der Waals surface area contributed by atoms with E-state index in [1.807, 2.05) is 0 Å². The highest BCUT2D eigenvalue weighted by molar-refractivity contribution is 7.92. The van der Waals surface area contributed by atoms with Crippen molar-refractivity contribution in [2.75, 3.05) is 30.1 Å². The van der Waals surface area contributed by atoms with Gasteiger partial charge in [-0.15, -0.1) is 0 Å². The van der Waals surface area contributed by atoms with E-state index >= 15 is 0 Å². The van der Waals surface area contributed by atoms with E-state index in [1.54, 1.807) is 25.1 Å². The number of hydrogen-bond donors (Lipinski definition) is 1. The third kappa shape index (κ3) is 4.98. The summed E-state index contributed by atoms with van der Waals surface area (Å²) in [6.07, 6.45) is 0.979. The molecule has 0 aliphatic heterocycles. The molecule has 1 unspecified atom stereocenters. The Kier molecular flexibility index (Phi) is 6.88. The Morgan fingerprint density at radius 2 is 1.73 bits per heavy atom. The number of rotatable bonds is 8. The number of hydrogen-bond acceptors (Lipinski definition) is 7. The van der Waals surface area contributed by atoms with Crippen LogP contribution in [0.4, 0.5) is 17.1 Å². The minimum absolute atomic E-state index is 0.0493. The standard InChI is InChI=1S/C19H23N3O7S/c1-12-6-8-18(29-4)16(10-12)21(30(5,26)27)13(2)19(23)20-15-11-14(22(24)25)7-9-17(15)28-3/h6-11,13H,1-5H3,(H,20,23). The van der Waals surface area contributed by atoms with Crippen molar-refractivity contribution in [1.82, 2.24) is 0 Å². The molecule has 0 heterocycles. The molecule has 2 rings (SSSR count). The molecule has 30 heavy (non-hydrogen) atoms. The zero-order valence-corrected chi connectivity index (χ0v) is 18.0. The van der Waals surface area contributed by atoms with E-state index in [4.69, 9.17) is 9.47 Å². The van der Waals surface area contributed by atoms with Crippen LogP contribution in [0.5, 0.6) is 11.5 Å². The number of nitrogens with one attached hydrogen (secondary N) is 1. The number of nitro benzene ring substituents is 1. The lowest BCUT2D eigenvalue weighted by molar-refractivity contribution is -0.384. The number of ether oxygens (including phenoxy) is 2. The lowest BCUT2D eigenvalue weighted by Crippen LogP contribution is -2.45. The highest BCUT2D eigenvalue weighted by atomic mass is 32.2. The number of sulfonamides is 1. The van der Waals surface area contributed by atoms with Gasteiger partial charge in [-0.3, -0.25) is 19.2 Å². The first kappa shape index (κ1) is 22.9. The summed E-state index contributed by atoms with van der Waals surface area (Å²) in [6.45, 7) is 3.18. The van der Waals surface area contributed by atoms with Gasteiger partial charge in [0.1, 0.15) is 17.5 Å². The number of anilines is 2. The molecular weight excluding hydrogens is 414 g/mol. The van der Waals surface area contributed by atoms with Crippen LogP contribution in [0.15, 0.2) is 36.4 Å². The molecule has 0 radical (unpaired) electrons. The van der Waals surface area contributed by atoms with Crippen molar-refractivity contribution in [3.8, 4) is 11.5 Å². The van der Waals surface area contributed by atoms with Crippen LogP contribution in [0.1, 0.15) is 12.5 Å². The Hall–Kier alpha value is -3.34. The van der Waals surface area contributed by atoms with E-state index in [9.17, 15) is 23.3 Å². The summed E-state index contributed by atoms with van der Waals surface area (Å²) in [5, 5.41) is 13.6. The molecule has 0 spiro atoms. The zero-order chi connectivity index (χ0) is 22.6. The number of amides is 1. The fourth-order valence-corrected chi connectivity index (χ4v) is 4.07. The van der Waals surface area contributed by atoms with E-state index in [-0.39, 0.29) is 28.6 Å². The Labute approximate surface area is 174 Å². The third-order valence-electron chi connectivity index (χ3n) is 4.31. The molecule has 1 amide bonds. The number of methoxy groups -OCH3 is 2. The predicted octanol–water partition coefficient (Wildman–Crippen LogP) is 2.71. The Morgan fingerprint density at radius 3 is 2.27 bits per heavy atom. The fraction of sp³-hybridized carbons (Fsp3) is 0.316. The van der Waals surface area contributed by atoms with Crippen LogP contribution in [0, 0.1) is 17.0 Å². The number of aryl methyl sites for hydroxylation is 1. The van der Waals surface area contributed by atoms with Gasteiger partial charge in [-0.1, -0.05) is 6.07 Å². The lowest BCUT2D eigenvalue weighted by Gasteiger charge is -2.29. The summed E-state index contributed by atoms with van der Waals surface area (Å²) < 4.78 is 36.5. The van der Waals surface area contributed by atoms with Crippen LogP contribution in [0.3, 0.4) is 0 Å². The molecule has 0 saturated carbocycles. The van der Waals surface area contributed by atoms with Crippen LogP contribution in [-0.4, -0.2) is 45.8 Å². The number of benzene rings is 2. The summed E-state index contributed by atoms with van der Waals surface area (Å²) in [4.78, 5) is 23.4. The first-order valence-electron chi connectivity index (χ1n) is 8.77. The molecular formula is C19H23N3O7S. The van der Waals surface area contributed by atoms with E-state index in [0.717, 1.165) is 22.2 Å². The molecule has 0 saturated heterocycles. The Morgan fingerprint density at radius 1 is 1.13 bits per heavy atom. The van der Waals surface area contributed by atoms with E-state index < -0.39 is 26.9 Å². The predicted molar refractivity (Wildman–Crippen MR) is 113 cm³/mol. The van der Waals surface area contributed by atoms with Gasteiger partial charge < -0.3 is 14.8 Å². The third-order valence-corrected chi connectivity index (χ3v) is 5.54. The van der Waals surface area contributed by atoms with Crippen molar-refractivity contribution >= 4 is 33.0 Å². The van der Waals surface area contributed by atoms with Crippen molar-refractivity contribution < 1.29 is 27.6 Å². The van der Waals surface area contributed by atoms with Crippen molar-refractivity contribution in [3.05, 3.63) is 52.1 Å². The first-order chi connectivity index (χ1) is 14.0. The summed E-state index contributed by atoms with van der Waals surface area (Å²) in [5.41, 5.74) is 0.772. The number of carbonyl (C=O) groups is 1. The average Bonchev–Trinajstić information content (AvgIpc) is 2.67. The van der Waals surface area contributed by atoms with Gasteiger partial charge in [-0.25, -0.2) is 8.42 Å². The highest BCUT2D eigenvalue weighted by Crippen LogP contribution is 2.34. The fourth-order valence-electron chi connectivity index (χ4n) is 2.90. The maximum absolute atomic E-state index is 12.9. The molecule has 0 fully saturated rings. The summed E-state index contributed by atoms with van der Waals surface area (Å²) >= 11 is 0. The van der Waals surface area contributed by atoms with Gasteiger partial charge in [-0.05, 0) is 37.6 Å². The van der Waals surface area contributed by atoms with Crippen LogP contribution in [0.2, 0.25) is 0 Å². The van der Waals surface area contributed by atoms with Crippen LogP contribution < -0.4 is 19.1 Å². The second-order valence-electron chi connectivity index (χ2n) is 6.54. The monoisotopic (exact) mass is 437 g/mol. The normalized spacial score (nSPS) is 12.0. The molecule has 2 aromatic rings. The van der Waals surface area contributed by atoms with Crippen LogP contribution in [-0.2, 0) is 14.8 Å². The van der Waals surface area contributed by atoms with E-state index in [1.165, 1.54) is 33.3 Å². The number of carbonyl (C=O) groups excluding carboxylic acids is 1. The second-order valence-corrected chi connectivity index (χ2v) is 8.40. The Bertz CT molecular complexity index is 1070. The lowest BCUT2D eigenvalue weighted by atomic mass is 10.2. The van der Waals surface area contributed by atoms with Gasteiger partial charge in [0.2, 0.25) is 15.9 Å². The summed E-state index contributed by atoms with van der Waals surface area (Å²) in [7, 11) is -1.14. The maximum atomic E-state index is 12.9. The number of nitrogens with zero attached hydrogens (tertiary/aromatic N) is 2. The largest absolute Gasteiger partial charge is 0.495 e. The molecule has 0 bridgehead atoms. The van der Waals surface area contributed by atoms with Gasteiger partial charge in [-0.2, -0.15) is 0 Å². The topological polar surface area (TPSA) is 128 Å². The number of nitro groups is 1. The van der Waals surface area contributed by atoms with Crippen molar-refractivity contribution in [2.45, 2.75) is 19.9 Å². The van der Waals surface area contributed by atoms with E-state index in [0.29, 0.717) is 0 Å². The smallest absolute Gasteiger partial charge is 0.271 e. The highest BCUT2D eigenvalue weighted by Gasteiger charge is 2.32. The first-order valence-corrected chi connectivity index (χ1v) is 10.6. The average molecular weight is 437 g/mol. The molecule has 1 atom stereocenters. The molecule has 1 N–H and O–H groups in total. The van der Waals surface area contributed by atoms with Gasteiger partial charge in [0.25, 0.3) is 5.69 Å². The van der Waals surface area contributed by atoms with Gasteiger partial charge in [0.15, 0.2) is 0 Å². The maximum Gasteiger partial charge on any atom is 0.271 e. The molecule has 11 heteroatoms. The quantitative estimate of drug-likeness (QED) is 0.497. The molecule has 2 aromatic carbocycles. The van der Waals surface area contributed by atoms with Crippen molar-refractivity contribution in [2.24, 2.45) is 0 Å². The van der Waals surface area contributed by atoms with Gasteiger partial charge >= 0.3 is 0 Å². The SMILES string of the molecule is COc1ccc([N+](=O)[O-])cc1NC(=O)C(C)N(c1cc(C)ccc1OC)S(C)(=O)=O. The zero-order valence-electron chi connectivity index (χ0n) is 17.2. The van der Waals surface area contributed by atoms with Gasteiger partial charge in [0, 0.05) is 12.1 Å². The van der Waals surface area contributed by atoms with E-state index in [2.05, 4.69) is 5.32 Å². The van der Waals surface area contributed by atoms with Gasteiger partial charge in [0.05, 0.1) is 36.8 Å². The van der Waals surface area contributed by atoms with Crippen molar-refractivity contribution in [1.29, 1.82) is 0 Å². The van der Waals surface area contributed by atoms with Crippen LogP contribution >= 0.6 is 0 Å². The minimum Gasteiger partial charge on any atom is -0.495 e. The molecule has 162 valence electrons. The minimum atomic E-state index is -3.89. The molecule has 0 aliphatic rings. The molecule has 0 aliphatic carbocycles. The Balaban J connectivity index is 2.47. The molecule has 10 nitrogen and oxygen atoms in total. The number of non-ortho nitro benzene ring substituents is 1. The second kappa shape index (κ2) is 8.99.